The van der Waals surface area contributed by atoms with Crippen LogP contribution < -0.4 is 0 Å². The zero-order valence-corrected chi connectivity index (χ0v) is 13.4. The highest BCUT2D eigenvalue weighted by molar-refractivity contribution is 5.75. The maximum Gasteiger partial charge on any atom is 0.410 e. The zero-order valence-electron chi connectivity index (χ0n) is 13.4. The minimum Gasteiger partial charge on any atom is -0.444 e. The molecule has 116 valence electrons. The number of nitrogens with zero attached hydrogens (tertiary/aromatic N) is 1. The Balaban J connectivity index is 2.16. The number of likely N-dealkylation sites (tertiary alicyclic amines) is 1. The van der Waals surface area contributed by atoms with Crippen LogP contribution in [0.1, 0.15) is 66.2 Å². The van der Waals surface area contributed by atoms with Crippen molar-refractivity contribution in [3.8, 4) is 0 Å². The molecule has 0 radical (unpaired) electrons. The highest BCUT2D eigenvalue weighted by atomic mass is 16.6. The van der Waals surface area contributed by atoms with Crippen molar-refractivity contribution in [2.24, 2.45) is 5.92 Å². The van der Waals surface area contributed by atoms with Gasteiger partial charge in [-0.3, -0.25) is 0 Å². The van der Waals surface area contributed by atoms with E-state index >= 15 is 0 Å². The van der Waals surface area contributed by atoms with Gasteiger partial charge in [-0.15, -0.1) is 0 Å². The lowest BCUT2D eigenvalue weighted by atomic mass is 10.00. The molecule has 4 nitrogen and oxygen atoms in total. The molecular formula is C16H29NO3. The Morgan fingerprint density at radius 3 is 2.50 bits per heavy atom. The van der Waals surface area contributed by atoms with Crippen molar-refractivity contribution in [2.75, 3.05) is 13.1 Å². The van der Waals surface area contributed by atoms with E-state index in [-0.39, 0.29) is 11.9 Å². The van der Waals surface area contributed by atoms with Crippen LogP contribution in [0.3, 0.4) is 0 Å². The van der Waals surface area contributed by atoms with Gasteiger partial charge in [-0.2, -0.15) is 0 Å². The van der Waals surface area contributed by atoms with E-state index in [1.54, 1.807) is 6.92 Å². The average Bonchev–Trinajstić information content (AvgIpc) is 2.74. The zero-order chi connectivity index (χ0) is 15.2. The van der Waals surface area contributed by atoms with Crippen LogP contribution in [-0.4, -0.2) is 35.5 Å². The number of hydrogen-bond acceptors (Lipinski definition) is 3. The first-order valence-electron chi connectivity index (χ1n) is 7.75. The number of rotatable bonds is 6. The van der Waals surface area contributed by atoms with Crippen molar-refractivity contribution < 1.29 is 14.3 Å². The summed E-state index contributed by atoms with van der Waals surface area (Å²) in [5, 5.41) is 0. The highest BCUT2D eigenvalue weighted by Crippen LogP contribution is 2.24. The Bertz CT molecular complexity index is 333. The predicted molar refractivity (Wildman–Crippen MR) is 79.7 cm³/mol. The van der Waals surface area contributed by atoms with Gasteiger partial charge in [-0.25, -0.2) is 4.79 Å². The van der Waals surface area contributed by atoms with E-state index in [1.165, 1.54) is 0 Å². The van der Waals surface area contributed by atoms with Gasteiger partial charge < -0.3 is 14.4 Å². The predicted octanol–water partition coefficient (Wildman–Crippen LogP) is 3.78. The summed E-state index contributed by atoms with van der Waals surface area (Å²) in [7, 11) is 0. The van der Waals surface area contributed by atoms with Crippen molar-refractivity contribution in [1.82, 2.24) is 4.90 Å². The number of carbonyl (C=O) groups excluding carboxylic acids is 2. The van der Waals surface area contributed by atoms with Crippen molar-refractivity contribution >= 4 is 11.9 Å². The molecule has 0 unspecified atom stereocenters. The topological polar surface area (TPSA) is 46.6 Å². The fraction of sp³-hybridized carbons (Fsp3) is 0.875. The largest absolute Gasteiger partial charge is 0.444 e. The first-order valence-corrected chi connectivity index (χ1v) is 7.75. The molecule has 1 heterocycles. The summed E-state index contributed by atoms with van der Waals surface area (Å²) in [5.41, 5.74) is -0.415. The molecule has 0 aliphatic carbocycles. The van der Waals surface area contributed by atoms with Crippen LogP contribution in [0, 0.1) is 5.92 Å². The van der Waals surface area contributed by atoms with Crippen LogP contribution in [0.2, 0.25) is 0 Å². The first kappa shape index (κ1) is 17.0. The molecule has 20 heavy (non-hydrogen) atoms. The third-order valence-corrected chi connectivity index (χ3v) is 3.58. The van der Waals surface area contributed by atoms with E-state index in [9.17, 15) is 9.59 Å². The minimum absolute atomic E-state index is 0.184. The van der Waals surface area contributed by atoms with Crippen molar-refractivity contribution in [3.63, 3.8) is 0 Å². The molecule has 1 aliphatic rings. The Morgan fingerprint density at radius 2 is 1.90 bits per heavy atom. The second-order valence-electron chi connectivity index (χ2n) is 6.88. The molecule has 1 amide bonds. The van der Waals surface area contributed by atoms with Gasteiger partial charge in [0, 0.05) is 19.5 Å². The SMILES string of the molecule is CC(=O)CCCCC[C@H]1CCN(C(=O)OC(C)(C)C)C1. The molecular weight excluding hydrogens is 254 g/mol. The lowest BCUT2D eigenvalue weighted by molar-refractivity contribution is -0.117. The van der Waals surface area contributed by atoms with E-state index in [4.69, 9.17) is 4.74 Å². The van der Waals surface area contributed by atoms with Crippen LogP contribution >= 0.6 is 0 Å². The first-order chi connectivity index (χ1) is 9.28. The van der Waals surface area contributed by atoms with Gasteiger partial charge >= 0.3 is 6.09 Å². The number of hydrogen-bond donors (Lipinski definition) is 0. The lowest BCUT2D eigenvalue weighted by Gasteiger charge is -2.24. The smallest absolute Gasteiger partial charge is 0.410 e. The molecule has 0 aromatic rings. The highest BCUT2D eigenvalue weighted by Gasteiger charge is 2.29. The molecule has 1 rings (SSSR count). The third kappa shape index (κ3) is 6.92. The third-order valence-electron chi connectivity index (χ3n) is 3.58. The Morgan fingerprint density at radius 1 is 1.20 bits per heavy atom. The molecule has 0 aromatic carbocycles. The van der Waals surface area contributed by atoms with Crippen molar-refractivity contribution in [1.29, 1.82) is 0 Å². The Kier molecular flexibility index (Phi) is 6.50. The second-order valence-corrected chi connectivity index (χ2v) is 6.88. The summed E-state index contributed by atoms with van der Waals surface area (Å²) in [5.74, 6) is 0.877. The van der Waals surface area contributed by atoms with Gasteiger partial charge in [0.15, 0.2) is 0 Å². The molecule has 4 heteroatoms. The molecule has 0 spiro atoms. The molecule has 1 fully saturated rings. The fourth-order valence-electron chi connectivity index (χ4n) is 2.54. The standard InChI is InChI=1S/C16H29NO3/c1-13(18)8-6-5-7-9-14-10-11-17(12-14)15(19)20-16(2,3)4/h14H,5-12H2,1-4H3/t14-/m0/s1. The maximum absolute atomic E-state index is 11.9. The number of amides is 1. The summed E-state index contributed by atoms with van der Waals surface area (Å²) in [6, 6.07) is 0. The number of carbonyl (C=O) groups is 2. The normalized spacial score (nSPS) is 19.2. The van der Waals surface area contributed by atoms with Gasteiger partial charge in [0.05, 0.1) is 0 Å². The van der Waals surface area contributed by atoms with Gasteiger partial charge in [-0.1, -0.05) is 12.8 Å². The van der Waals surface area contributed by atoms with Gasteiger partial charge in [-0.05, 0) is 52.9 Å². The Hall–Kier alpha value is -1.06. The molecule has 1 saturated heterocycles. The van der Waals surface area contributed by atoms with Crippen molar-refractivity contribution in [3.05, 3.63) is 0 Å². The maximum atomic E-state index is 11.9. The fourth-order valence-corrected chi connectivity index (χ4v) is 2.54. The summed E-state index contributed by atoms with van der Waals surface area (Å²) >= 11 is 0. The molecule has 1 atom stereocenters. The van der Waals surface area contributed by atoms with Gasteiger partial charge in [0.1, 0.15) is 11.4 Å². The molecule has 0 saturated carbocycles. The monoisotopic (exact) mass is 283 g/mol. The van der Waals surface area contributed by atoms with Crippen LogP contribution in [0.4, 0.5) is 4.79 Å². The van der Waals surface area contributed by atoms with E-state index in [0.29, 0.717) is 12.3 Å². The van der Waals surface area contributed by atoms with Crippen LogP contribution in [0.5, 0.6) is 0 Å². The second kappa shape index (κ2) is 7.65. The minimum atomic E-state index is -0.415. The summed E-state index contributed by atoms with van der Waals surface area (Å²) in [6.45, 7) is 8.97. The number of ether oxygens (including phenoxy) is 1. The molecule has 0 N–H and O–H groups in total. The molecule has 0 bridgehead atoms. The van der Waals surface area contributed by atoms with Crippen molar-refractivity contribution in [2.45, 2.75) is 71.8 Å². The van der Waals surface area contributed by atoms with E-state index in [2.05, 4.69) is 0 Å². The molecule has 0 aromatic heterocycles. The van der Waals surface area contributed by atoms with Gasteiger partial charge in [0.2, 0.25) is 0 Å². The van der Waals surface area contributed by atoms with E-state index < -0.39 is 5.60 Å². The van der Waals surface area contributed by atoms with Crippen LogP contribution in [0.25, 0.3) is 0 Å². The van der Waals surface area contributed by atoms with Gasteiger partial charge in [0.25, 0.3) is 0 Å². The lowest BCUT2D eigenvalue weighted by Crippen LogP contribution is -2.35. The van der Waals surface area contributed by atoms with Crippen LogP contribution in [-0.2, 0) is 9.53 Å². The summed E-state index contributed by atoms with van der Waals surface area (Å²) in [4.78, 5) is 24.6. The quantitative estimate of drug-likeness (QED) is 0.697. The van der Waals surface area contributed by atoms with Crippen LogP contribution in [0.15, 0.2) is 0 Å². The van der Waals surface area contributed by atoms with E-state index in [0.717, 1.165) is 45.2 Å². The summed E-state index contributed by atoms with van der Waals surface area (Å²) in [6.07, 6.45) is 6.01. The number of unbranched alkanes of at least 4 members (excludes halogenated alkanes) is 2. The Labute approximate surface area is 122 Å². The number of Topliss-reactive ketones (excluding diaryl/α,β-unsaturated/α-hetero) is 1. The average molecular weight is 283 g/mol. The number of ketones is 1. The molecule has 1 aliphatic heterocycles. The van der Waals surface area contributed by atoms with E-state index in [1.807, 2.05) is 25.7 Å². The summed E-state index contributed by atoms with van der Waals surface area (Å²) < 4.78 is 5.39.